The van der Waals surface area contributed by atoms with E-state index in [-0.39, 0.29) is 5.69 Å². The highest BCUT2D eigenvalue weighted by Gasteiger charge is 2.37. The van der Waals surface area contributed by atoms with Crippen molar-refractivity contribution in [2.75, 3.05) is 4.72 Å². The Bertz CT molecular complexity index is 1240. The van der Waals surface area contributed by atoms with Crippen molar-refractivity contribution in [3.05, 3.63) is 58.0 Å². The van der Waals surface area contributed by atoms with Gasteiger partial charge in [0.2, 0.25) is 11.9 Å². The van der Waals surface area contributed by atoms with Crippen LogP contribution >= 0.6 is 0 Å². The van der Waals surface area contributed by atoms with Crippen LogP contribution in [0.1, 0.15) is 24.2 Å². The summed E-state index contributed by atoms with van der Waals surface area (Å²) in [7, 11) is -4.85. The molecule has 0 fully saturated rings. The molecule has 0 spiro atoms. The molecule has 2 atom stereocenters. The number of hydrogen-bond acceptors (Lipinski definition) is 6. The molecule has 0 aliphatic carbocycles. The third-order valence-electron chi connectivity index (χ3n) is 4.39. The molecule has 11 nitrogen and oxygen atoms in total. The molecule has 0 aliphatic heterocycles. The summed E-state index contributed by atoms with van der Waals surface area (Å²) < 4.78 is 67.9. The summed E-state index contributed by atoms with van der Waals surface area (Å²) in [6.45, 7) is 2.74. The molecule has 7 N–H and O–H groups in total. The lowest BCUT2D eigenvalue weighted by Gasteiger charge is -2.24. The lowest BCUT2D eigenvalue weighted by atomic mass is 10.1. The number of carbonyl (C=O) groups is 1. The van der Waals surface area contributed by atoms with E-state index in [0.717, 1.165) is 28.8 Å². The number of anilines is 1. The topological polar surface area (TPSA) is 185 Å². The SMILES string of the molecule is Cc1ccc(NS(=O)(=O)c2ccccc2C(F)(F)F)c(=O)n1C(C(N)=O)C(C)ON=C(N)N. The number of alkyl halides is 3. The fourth-order valence-electron chi connectivity index (χ4n) is 2.97. The molecule has 180 valence electrons. The molecule has 15 heteroatoms. The van der Waals surface area contributed by atoms with E-state index in [9.17, 15) is 31.2 Å². The highest BCUT2D eigenvalue weighted by atomic mass is 32.2. The number of oxime groups is 1. The van der Waals surface area contributed by atoms with Crippen molar-refractivity contribution in [2.24, 2.45) is 22.4 Å². The van der Waals surface area contributed by atoms with Crippen molar-refractivity contribution >= 4 is 27.6 Å². The van der Waals surface area contributed by atoms with Crippen LogP contribution in [-0.2, 0) is 25.8 Å². The van der Waals surface area contributed by atoms with Gasteiger partial charge >= 0.3 is 6.18 Å². The number of carbonyl (C=O) groups excluding carboxylic acids is 1. The maximum atomic E-state index is 13.3. The number of hydrogen-bond donors (Lipinski definition) is 4. The first-order valence-corrected chi connectivity index (χ1v) is 10.6. The Morgan fingerprint density at radius 3 is 2.30 bits per heavy atom. The Hall–Kier alpha value is -3.75. The average Bonchev–Trinajstić information content (AvgIpc) is 2.70. The Morgan fingerprint density at radius 1 is 1.15 bits per heavy atom. The molecule has 1 heterocycles. The average molecular weight is 490 g/mol. The summed E-state index contributed by atoms with van der Waals surface area (Å²) in [6.07, 6.45) is -6.15. The molecule has 1 amide bonds. The Kier molecular flexibility index (Phi) is 7.26. The first-order valence-electron chi connectivity index (χ1n) is 9.12. The summed E-state index contributed by atoms with van der Waals surface area (Å²) in [4.78, 5) is 29.0. The van der Waals surface area contributed by atoms with Gasteiger partial charge in [0.25, 0.3) is 15.6 Å². The number of nitrogens with two attached hydrogens (primary N) is 3. The molecule has 2 aromatic rings. The predicted octanol–water partition coefficient (Wildman–Crippen LogP) is 0.596. The number of benzene rings is 1. The number of guanidine groups is 1. The summed E-state index contributed by atoms with van der Waals surface area (Å²) in [5.74, 6) is -1.51. The minimum Gasteiger partial charge on any atom is -0.387 e. The van der Waals surface area contributed by atoms with E-state index in [1.807, 2.05) is 4.72 Å². The molecule has 2 rings (SSSR count). The first kappa shape index (κ1) is 25.5. The zero-order chi connectivity index (χ0) is 25.1. The standard InChI is InChI=1S/C18H21F3N6O5S/c1-9-7-8-12(16(29)27(9)14(15(22)28)10(2)32-25-17(23)24)26-33(30,31)13-6-4-3-5-11(13)18(19,20)21/h3-8,10,14,26H,1-2H3,(H2,22,28)(H4,23,24,25). The number of nitrogens with zero attached hydrogens (tertiary/aromatic N) is 2. The second kappa shape index (κ2) is 9.40. The fourth-order valence-corrected chi connectivity index (χ4v) is 4.26. The number of sulfonamides is 1. The van der Waals surface area contributed by atoms with Crippen molar-refractivity contribution < 1.29 is 31.2 Å². The van der Waals surface area contributed by atoms with Gasteiger partial charge in [0, 0.05) is 5.69 Å². The van der Waals surface area contributed by atoms with Crippen LogP contribution in [0.2, 0.25) is 0 Å². The lowest BCUT2D eigenvalue weighted by Crippen LogP contribution is -2.42. The second-order valence-corrected chi connectivity index (χ2v) is 8.49. The summed E-state index contributed by atoms with van der Waals surface area (Å²) in [6, 6.07) is 4.27. The van der Waals surface area contributed by atoms with Crippen molar-refractivity contribution in [3.63, 3.8) is 0 Å². The van der Waals surface area contributed by atoms with Gasteiger partial charge < -0.3 is 22.0 Å². The number of primary amides is 1. The van der Waals surface area contributed by atoms with Gasteiger partial charge in [0.15, 0.2) is 12.1 Å². The fraction of sp³-hybridized carbons (Fsp3) is 0.278. The highest BCUT2D eigenvalue weighted by Crippen LogP contribution is 2.34. The van der Waals surface area contributed by atoms with E-state index in [2.05, 4.69) is 5.16 Å². The van der Waals surface area contributed by atoms with Gasteiger partial charge in [-0.25, -0.2) is 8.42 Å². The Balaban J connectivity index is 2.58. The van der Waals surface area contributed by atoms with E-state index in [1.54, 1.807) is 0 Å². The number of aryl methyl sites for hydroxylation is 1. The van der Waals surface area contributed by atoms with Gasteiger partial charge in [0.1, 0.15) is 5.69 Å². The van der Waals surface area contributed by atoms with Crippen molar-refractivity contribution in [3.8, 4) is 0 Å². The van der Waals surface area contributed by atoms with E-state index in [4.69, 9.17) is 22.0 Å². The molecule has 2 unspecified atom stereocenters. The molecule has 1 aromatic heterocycles. The zero-order valence-corrected chi connectivity index (χ0v) is 18.1. The van der Waals surface area contributed by atoms with E-state index in [0.29, 0.717) is 6.07 Å². The summed E-state index contributed by atoms with van der Waals surface area (Å²) >= 11 is 0. The van der Waals surface area contributed by atoms with Crippen molar-refractivity contribution in [2.45, 2.75) is 37.1 Å². The van der Waals surface area contributed by atoms with Gasteiger partial charge in [-0.2, -0.15) is 13.2 Å². The van der Waals surface area contributed by atoms with Crippen LogP contribution in [0.4, 0.5) is 18.9 Å². The predicted molar refractivity (Wildman–Crippen MR) is 112 cm³/mol. The molecular weight excluding hydrogens is 469 g/mol. The first-order chi connectivity index (χ1) is 15.2. The Morgan fingerprint density at radius 2 is 1.76 bits per heavy atom. The third-order valence-corrected chi connectivity index (χ3v) is 5.81. The summed E-state index contributed by atoms with van der Waals surface area (Å²) in [5.41, 5.74) is 12.8. The van der Waals surface area contributed by atoms with E-state index < -0.39 is 61.9 Å². The minimum atomic E-state index is -4.96. The highest BCUT2D eigenvalue weighted by molar-refractivity contribution is 7.92. The quantitative estimate of drug-likeness (QED) is 0.237. The molecule has 0 saturated carbocycles. The lowest BCUT2D eigenvalue weighted by molar-refractivity contribution is -0.139. The van der Waals surface area contributed by atoms with Gasteiger partial charge in [0.05, 0.1) is 10.5 Å². The van der Waals surface area contributed by atoms with E-state index in [1.165, 1.54) is 19.9 Å². The third kappa shape index (κ3) is 5.74. The largest absolute Gasteiger partial charge is 0.417 e. The normalized spacial score (nSPS) is 13.6. The van der Waals surface area contributed by atoms with Crippen LogP contribution in [0.3, 0.4) is 0 Å². The molecule has 0 radical (unpaired) electrons. The number of rotatable bonds is 8. The number of nitrogens with one attached hydrogen (secondary N) is 1. The van der Waals surface area contributed by atoms with Gasteiger partial charge in [-0.3, -0.25) is 18.9 Å². The molecule has 0 saturated heterocycles. The van der Waals surface area contributed by atoms with Gasteiger partial charge in [-0.05, 0) is 43.3 Å². The van der Waals surface area contributed by atoms with Crippen LogP contribution in [0.25, 0.3) is 0 Å². The van der Waals surface area contributed by atoms with Crippen LogP contribution in [0.5, 0.6) is 0 Å². The van der Waals surface area contributed by atoms with Crippen LogP contribution in [0.15, 0.2) is 51.2 Å². The maximum absolute atomic E-state index is 13.3. The number of halogens is 3. The van der Waals surface area contributed by atoms with Crippen LogP contribution < -0.4 is 27.5 Å². The van der Waals surface area contributed by atoms with Crippen LogP contribution in [0, 0.1) is 6.92 Å². The number of amides is 1. The number of aromatic nitrogens is 1. The minimum absolute atomic E-state index is 0.169. The van der Waals surface area contributed by atoms with Crippen molar-refractivity contribution in [1.82, 2.24) is 4.57 Å². The molecule has 0 bridgehead atoms. The molecule has 0 aliphatic rings. The van der Waals surface area contributed by atoms with Gasteiger partial charge in [-0.1, -0.05) is 12.1 Å². The smallest absolute Gasteiger partial charge is 0.387 e. The maximum Gasteiger partial charge on any atom is 0.417 e. The molecule has 33 heavy (non-hydrogen) atoms. The van der Waals surface area contributed by atoms with Gasteiger partial charge in [-0.15, -0.1) is 0 Å². The van der Waals surface area contributed by atoms with Crippen molar-refractivity contribution in [1.29, 1.82) is 0 Å². The van der Waals surface area contributed by atoms with Crippen LogP contribution in [-0.4, -0.2) is 31.0 Å². The second-order valence-electron chi connectivity index (χ2n) is 6.84. The number of pyridine rings is 1. The summed E-state index contributed by atoms with van der Waals surface area (Å²) in [5, 5.41) is 3.30. The zero-order valence-electron chi connectivity index (χ0n) is 17.3. The molecular formula is C18H21F3N6O5S. The monoisotopic (exact) mass is 490 g/mol. The Labute approximate surface area is 186 Å². The molecule has 1 aromatic carbocycles. The van der Waals surface area contributed by atoms with E-state index >= 15 is 0 Å².